The minimum Gasteiger partial charge on any atom is -0.469 e. The Morgan fingerprint density at radius 1 is 1.00 bits per heavy atom. The highest BCUT2D eigenvalue weighted by atomic mass is 16.6. The molecule has 0 aromatic heterocycles. The number of carbonyl (C=O) groups excluding carboxylic acids is 4. The Bertz CT molecular complexity index is 565. The van der Waals surface area contributed by atoms with E-state index in [1.165, 1.54) is 14.2 Å². The van der Waals surface area contributed by atoms with Gasteiger partial charge >= 0.3 is 18.0 Å². The molecule has 0 aromatic carbocycles. The highest BCUT2D eigenvalue weighted by molar-refractivity contribution is 6.00. The first-order chi connectivity index (χ1) is 11.1. The van der Waals surface area contributed by atoms with Gasteiger partial charge in [-0.05, 0) is 33.6 Å². The van der Waals surface area contributed by atoms with Crippen LogP contribution >= 0.6 is 0 Å². The van der Waals surface area contributed by atoms with E-state index in [-0.39, 0.29) is 0 Å². The van der Waals surface area contributed by atoms with Crippen molar-refractivity contribution in [3.05, 3.63) is 0 Å². The normalized spacial score (nSPS) is 29.2. The van der Waals surface area contributed by atoms with Crippen molar-refractivity contribution in [3.63, 3.8) is 0 Å². The second-order valence-electron chi connectivity index (χ2n) is 7.04. The van der Waals surface area contributed by atoms with Gasteiger partial charge in [-0.15, -0.1) is 0 Å². The van der Waals surface area contributed by atoms with Crippen molar-refractivity contribution in [1.29, 1.82) is 0 Å². The fraction of sp³-hybridized carbons (Fsp3) is 0.750. The fourth-order valence-electron chi connectivity index (χ4n) is 3.53. The summed E-state index contributed by atoms with van der Waals surface area (Å²) in [5.41, 5.74) is -0.781. The van der Waals surface area contributed by atoms with Crippen LogP contribution in [0.5, 0.6) is 0 Å². The second-order valence-corrected chi connectivity index (χ2v) is 7.04. The zero-order chi connectivity index (χ0) is 18.2. The molecule has 1 aliphatic carbocycles. The number of hydrogen-bond donors (Lipinski definition) is 0. The van der Waals surface area contributed by atoms with Gasteiger partial charge in [0.25, 0.3) is 0 Å². The van der Waals surface area contributed by atoms with Gasteiger partial charge in [0.2, 0.25) is 5.91 Å². The SMILES string of the molecule is COC(=O)[C@@H]1[C@H](C(=O)OC)[C@H]2CC[C@@H]1C(=O)N2C(=O)OC(C)(C)C. The molecule has 2 heterocycles. The van der Waals surface area contributed by atoms with Gasteiger partial charge in [0.15, 0.2) is 0 Å². The molecule has 0 aromatic rings. The number of esters is 2. The highest BCUT2D eigenvalue weighted by Gasteiger charge is 2.60. The minimum absolute atomic E-state index is 0.413. The summed E-state index contributed by atoms with van der Waals surface area (Å²) in [5.74, 6) is -4.45. The summed E-state index contributed by atoms with van der Waals surface area (Å²) in [6, 6.07) is -0.770. The van der Waals surface area contributed by atoms with Gasteiger partial charge in [-0.1, -0.05) is 0 Å². The van der Waals surface area contributed by atoms with Crippen LogP contribution in [0.3, 0.4) is 0 Å². The summed E-state index contributed by atoms with van der Waals surface area (Å²) in [6.07, 6.45) is 0.0262. The predicted octanol–water partition coefficient (Wildman–Crippen LogP) is 1.12. The number of amides is 2. The van der Waals surface area contributed by atoms with E-state index in [0.717, 1.165) is 4.90 Å². The van der Waals surface area contributed by atoms with Crippen LogP contribution in [0.25, 0.3) is 0 Å². The number of hydrogen-bond acceptors (Lipinski definition) is 7. The monoisotopic (exact) mass is 341 g/mol. The number of carbonyl (C=O) groups is 4. The van der Waals surface area contributed by atoms with E-state index >= 15 is 0 Å². The molecule has 2 amide bonds. The summed E-state index contributed by atoms with van der Waals surface area (Å²) in [6.45, 7) is 5.06. The molecule has 0 radical (unpaired) electrons. The third-order valence-corrected chi connectivity index (χ3v) is 4.43. The zero-order valence-corrected chi connectivity index (χ0v) is 14.5. The van der Waals surface area contributed by atoms with Gasteiger partial charge < -0.3 is 14.2 Å². The third kappa shape index (κ3) is 3.09. The maximum absolute atomic E-state index is 12.7. The summed E-state index contributed by atoms with van der Waals surface area (Å²) in [7, 11) is 2.41. The maximum atomic E-state index is 12.7. The van der Waals surface area contributed by atoms with Crippen LogP contribution in [0, 0.1) is 17.8 Å². The van der Waals surface area contributed by atoms with E-state index in [0.29, 0.717) is 12.8 Å². The number of ether oxygens (including phenoxy) is 3. The summed E-state index contributed by atoms with van der Waals surface area (Å²) < 4.78 is 14.8. The van der Waals surface area contributed by atoms with Crippen LogP contribution in [-0.2, 0) is 28.6 Å². The second kappa shape index (κ2) is 6.41. The van der Waals surface area contributed by atoms with Crippen LogP contribution in [0.1, 0.15) is 33.6 Å². The molecule has 3 fully saturated rings. The Labute approximate surface area is 140 Å². The zero-order valence-electron chi connectivity index (χ0n) is 14.5. The lowest BCUT2D eigenvalue weighted by Crippen LogP contribution is -2.66. The van der Waals surface area contributed by atoms with Gasteiger partial charge in [0.05, 0.1) is 38.0 Å². The van der Waals surface area contributed by atoms with Crippen LogP contribution in [0.15, 0.2) is 0 Å². The van der Waals surface area contributed by atoms with E-state index in [4.69, 9.17) is 14.2 Å². The predicted molar refractivity (Wildman–Crippen MR) is 80.6 cm³/mol. The van der Waals surface area contributed by atoms with Gasteiger partial charge in [-0.25, -0.2) is 9.69 Å². The van der Waals surface area contributed by atoms with Crippen LogP contribution < -0.4 is 0 Å². The molecule has 3 rings (SSSR count). The van der Waals surface area contributed by atoms with Crippen molar-refractivity contribution < 1.29 is 33.4 Å². The van der Waals surface area contributed by atoms with Crippen LogP contribution in [-0.4, -0.2) is 54.7 Å². The maximum Gasteiger partial charge on any atom is 0.417 e. The largest absolute Gasteiger partial charge is 0.469 e. The number of nitrogens with zero attached hydrogens (tertiary/aromatic N) is 1. The van der Waals surface area contributed by atoms with Crippen molar-refractivity contribution in [2.45, 2.75) is 45.3 Å². The first kappa shape index (κ1) is 18.2. The number of piperidine rings is 2. The lowest BCUT2D eigenvalue weighted by atomic mass is 9.64. The van der Waals surface area contributed by atoms with Gasteiger partial charge in [0, 0.05) is 0 Å². The lowest BCUT2D eigenvalue weighted by molar-refractivity contribution is -0.180. The average Bonchev–Trinajstić information content (AvgIpc) is 2.51. The summed E-state index contributed by atoms with van der Waals surface area (Å²) in [4.78, 5) is 50.4. The summed E-state index contributed by atoms with van der Waals surface area (Å²) in [5, 5.41) is 0. The molecule has 1 saturated carbocycles. The number of fused-ring (bicyclic) bond motifs is 3. The van der Waals surface area contributed by atoms with Crippen molar-refractivity contribution in [2.24, 2.45) is 17.8 Å². The molecule has 2 aliphatic heterocycles. The standard InChI is InChI=1S/C16H23NO7/c1-16(2,3)24-15(21)17-9-7-6-8(12(17)18)10(13(19)22-4)11(9)14(20)23-5/h8-11H,6-7H2,1-5H3/t8-,9+,10-,11+/m0/s1. The Kier molecular flexibility index (Phi) is 4.87. The molecule has 134 valence electrons. The van der Waals surface area contributed by atoms with Gasteiger partial charge in [-0.3, -0.25) is 14.4 Å². The van der Waals surface area contributed by atoms with Gasteiger partial charge in [0.1, 0.15) is 5.60 Å². The quantitative estimate of drug-likeness (QED) is 0.548. The van der Waals surface area contributed by atoms with E-state index < -0.39 is 53.3 Å². The van der Waals surface area contributed by atoms with E-state index in [1.54, 1.807) is 20.8 Å². The minimum atomic E-state index is -0.939. The molecule has 0 N–H and O–H groups in total. The van der Waals surface area contributed by atoms with E-state index in [1.807, 2.05) is 0 Å². The molecule has 8 nitrogen and oxygen atoms in total. The first-order valence-electron chi connectivity index (χ1n) is 7.84. The molecule has 8 heteroatoms. The third-order valence-electron chi connectivity index (χ3n) is 4.43. The van der Waals surface area contributed by atoms with Crippen molar-refractivity contribution >= 4 is 23.9 Å². The molecule has 0 unspecified atom stereocenters. The Morgan fingerprint density at radius 2 is 1.54 bits per heavy atom. The van der Waals surface area contributed by atoms with Crippen molar-refractivity contribution in [1.82, 2.24) is 4.90 Å². The Balaban J connectivity index is 2.39. The van der Waals surface area contributed by atoms with Crippen LogP contribution in [0.2, 0.25) is 0 Å². The Morgan fingerprint density at radius 3 is 2.04 bits per heavy atom. The fourth-order valence-corrected chi connectivity index (χ4v) is 3.53. The smallest absolute Gasteiger partial charge is 0.417 e. The lowest BCUT2D eigenvalue weighted by Gasteiger charge is -2.49. The number of rotatable bonds is 2. The number of imide groups is 1. The Hall–Kier alpha value is -2.12. The first-order valence-corrected chi connectivity index (χ1v) is 7.84. The average molecular weight is 341 g/mol. The molecule has 2 bridgehead atoms. The van der Waals surface area contributed by atoms with E-state index in [2.05, 4.69) is 0 Å². The van der Waals surface area contributed by atoms with Crippen molar-refractivity contribution in [3.8, 4) is 0 Å². The van der Waals surface area contributed by atoms with E-state index in [9.17, 15) is 19.2 Å². The molecule has 4 atom stereocenters. The highest BCUT2D eigenvalue weighted by Crippen LogP contribution is 2.45. The molecule has 24 heavy (non-hydrogen) atoms. The topological polar surface area (TPSA) is 99.2 Å². The molecule has 0 spiro atoms. The van der Waals surface area contributed by atoms with Gasteiger partial charge in [-0.2, -0.15) is 0 Å². The molecular formula is C16H23NO7. The molecule has 3 aliphatic rings. The molecular weight excluding hydrogens is 318 g/mol. The van der Waals surface area contributed by atoms with Crippen LogP contribution in [0.4, 0.5) is 4.79 Å². The molecule has 2 saturated heterocycles. The number of methoxy groups -OCH3 is 2. The van der Waals surface area contributed by atoms with Crippen molar-refractivity contribution in [2.75, 3.05) is 14.2 Å². The summed E-state index contributed by atoms with van der Waals surface area (Å²) >= 11 is 0.